The Morgan fingerprint density at radius 1 is 1.11 bits per heavy atom. The molecule has 0 unspecified atom stereocenters. The quantitative estimate of drug-likeness (QED) is 0.502. The van der Waals surface area contributed by atoms with Crippen molar-refractivity contribution in [1.82, 2.24) is 10.7 Å². The lowest BCUT2D eigenvalue weighted by molar-refractivity contribution is -0.126. The van der Waals surface area contributed by atoms with Crippen molar-refractivity contribution >= 4 is 17.5 Å². The predicted octanol–water partition coefficient (Wildman–Crippen LogP) is 2.83. The molecular weight excluding hydrogens is 358 g/mol. The minimum Gasteiger partial charge on any atom is -0.493 e. The summed E-state index contributed by atoms with van der Waals surface area (Å²) in [6.45, 7) is 2.26. The first-order valence-corrected chi connectivity index (χ1v) is 9.84. The number of nitrogens with zero attached hydrogens (tertiary/aromatic N) is 1. The molecule has 0 aliphatic heterocycles. The number of methoxy groups -OCH3 is 2. The van der Waals surface area contributed by atoms with E-state index in [0.717, 1.165) is 31.2 Å². The number of amides is 2. The van der Waals surface area contributed by atoms with Crippen LogP contribution in [0.2, 0.25) is 0 Å². The van der Waals surface area contributed by atoms with Gasteiger partial charge in [0, 0.05) is 18.2 Å². The van der Waals surface area contributed by atoms with Crippen LogP contribution in [0.5, 0.6) is 11.5 Å². The third kappa shape index (κ3) is 6.87. The molecule has 1 aromatic carbocycles. The molecule has 2 N–H and O–H groups in total. The van der Waals surface area contributed by atoms with Gasteiger partial charge in [-0.3, -0.25) is 9.59 Å². The van der Waals surface area contributed by atoms with Crippen molar-refractivity contribution < 1.29 is 19.1 Å². The summed E-state index contributed by atoms with van der Waals surface area (Å²) in [5, 5.41) is 6.95. The summed E-state index contributed by atoms with van der Waals surface area (Å²) < 4.78 is 10.5. The summed E-state index contributed by atoms with van der Waals surface area (Å²) in [4.78, 5) is 24.1. The molecule has 7 nitrogen and oxygen atoms in total. The maximum atomic E-state index is 12.1. The fourth-order valence-corrected chi connectivity index (χ4v) is 3.32. The van der Waals surface area contributed by atoms with Crippen molar-refractivity contribution in [3.05, 3.63) is 23.8 Å². The standard InChI is InChI=1S/C21H31N3O4/c1-15(23-24-21(26)17-7-5-4-6-8-17)13-20(25)22-12-11-16-9-10-18(27-2)19(14-16)28-3/h9-10,14,17H,4-8,11-13H2,1-3H3,(H,22,25)(H,24,26)/b23-15-. The Morgan fingerprint density at radius 2 is 1.82 bits per heavy atom. The van der Waals surface area contributed by atoms with E-state index in [4.69, 9.17) is 9.47 Å². The number of carbonyl (C=O) groups is 2. The molecule has 1 saturated carbocycles. The molecule has 0 saturated heterocycles. The number of hydrazone groups is 1. The zero-order valence-corrected chi connectivity index (χ0v) is 17.0. The Balaban J connectivity index is 1.72. The van der Waals surface area contributed by atoms with Gasteiger partial charge in [0.25, 0.3) is 0 Å². The van der Waals surface area contributed by atoms with E-state index in [1.165, 1.54) is 6.42 Å². The van der Waals surface area contributed by atoms with Crippen LogP contribution in [0.3, 0.4) is 0 Å². The van der Waals surface area contributed by atoms with Gasteiger partial charge < -0.3 is 14.8 Å². The van der Waals surface area contributed by atoms with Crippen LogP contribution in [0, 0.1) is 5.92 Å². The van der Waals surface area contributed by atoms with E-state index in [-0.39, 0.29) is 24.2 Å². The molecule has 2 rings (SSSR count). The Bertz CT molecular complexity index is 697. The molecule has 0 heterocycles. The van der Waals surface area contributed by atoms with Crippen molar-refractivity contribution in [2.45, 2.75) is 51.9 Å². The Morgan fingerprint density at radius 3 is 2.50 bits per heavy atom. The minimum atomic E-state index is -0.117. The first-order chi connectivity index (χ1) is 13.5. The molecular formula is C21H31N3O4. The summed E-state index contributed by atoms with van der Waals surface area (Å²) in [5.74, 6) is 1.25. The first-order valence-electron chi connectivity index (χ1n) is 9.84. The van der Waals surface area contributed by atoms with Gasteiger partial charge in [0.2, 0.25) is 11.8 Å². The average Bonchev–Trinajstić information content (AvgIpc) is 2.72. The highest BCUT2D eigenvalue weighted by molar-refractivity contribution is 6.00. The van der Waals surface area contributed by atoms with Crippen LogP contribution in [0.25, 0.3) is 0 Å². The third-order valence-corrected chi connectivity index (χ3v) is 4.93. The van der Waals surface area contributed by atoms with Crippen molar-refractivity contribution in [1.29, 1.82) is 0 Å². The molecule has 0 radical (unpaired) electrons. The number of carbonyl (C=O) groups excluding carboxylic acids is 2. The van der Waals surface area contributed by atoms with E-state index in [1.54, 1.807) is 21.1 Å². The van der Waals surface area contributed by atoms with Gasteiger partial charge in [-0.15, -0.1) is 0 Å². The summed E-state index contributed by atoms with van der Waals surface area (Å²) in [5.41, 5.74) is 4.24. The zero-order chi connectivity index (χ0) is 20.4. The monoisotopic (exact) mass is 389 g/mol. The van der Waals surface area contributed by atoms with Crippen LogP contribution < -0.4 is 20.2 Å². The van der Waals surface area contributed by atoms with Gasteiger partial charge in [0.15, 0.2) is 11.5 Å². The van der Waals surface area contributed by atoms with E-state index >= 15 is 0 Å². The van der Waals surface area contributed by atoms with E-state index in [2.05, 4.69) is 15.8 Å². The molecule has 1 fully saturated rings. The highest BCUT2D eigenvalue weighted by Gasteiger charge is 2.20. The Hall–Kier alpha value is -2.57. The highest BCUT2D eigenvalue weighted by atomic mass is 16.5. The SMILES string of the molecule is COc1ccc(CCNC(=O)C/C(C)=N\NC(=O)C2CCCCC2)cc1OC. The van der Waals surface area contributed by atoms with E-state index in [1.807, 2.05) is 18.2 Å². The summed E-state index contributed by atoms with van der Waals surface area (Å²) >= 11 is 0. The minimum absolute atomic E-state index is 0.0343. The second kappa shape index (κ2) is 11.3. The van der Waals surface area contributed by atoms with Crippen LogP contribution in [0.4, 0.5) is 0 Å². The summed E-state index contributed by atoms with van der Waals surface area (Å²) in [6, 6.07) is 5.70. The van der Waals surface area contributed by atoms with E-state index in [9.17, 15) is 9.59 Å². The Kier molecular flexibility index (Phi) is 8.78. The number of hydrogen-bond acceptors (Lipinski definition) is 5. The molecule has 0 atom stereocenters. The van der Waals surface area contributed by atoms with Gasteiger partial charge in [0.1, 0.15) is 0 Å². The maximum Gasteiger partial charge on any atom is 0.243 e. The lowest BCUT2D eigenvalue weighted by atomic mass is 9.89. The molecule has 154 valence electrons. The lowest BCUT2D eigenvalue weighted by Gasteiger charge is -2.19. The first kappa shape index (κ1) is 21.7. The van der Waals surface area contributed by atoms with Gasteiger partial charge in [-0.05, 0) is 43.9 Å². The molecule has 2 amide bonds. The number of hydrogen-bond donors (Lipinski definition) is 2. The molecule has 1 aliphatic rings. The van der Waals surface area contributed by atoms with Gasteiger partial charge in [-0.25, -0.2) is 5.43 Å². The lowest BCUT2D eigenvalue weighted by Crippen LogP contribution is -2.30. The van der Waals surface area contributed by atoms with Crippen LogP contribution >= 0.6 is 0 Å². The maximum absolute atomic E-state index is 12.1. The molecule has 0 aromatic heterocycles. The fraction of sp³-hybridized carbons (Fsp3) is 0.571. The third-order valence-electron chi connectivity index (χ3n) is 4.93. The molecule has 1 aromatic rings. The molecule has 7 heteroatoms. The van der Waals surface area contributed by atoms with Crippen LogP contribution in [0.1, 0.15) is 51.0 Å². The summed E-state index contributed by atoms with van der Waals surface area (Å²) in [6.07, 6.45) is 6.10. The van der Waals surface area contributed by atoms with E-state index < -0.39 is 0 Å². The fourth-order valence-electron chi connectivity index (χ4n) is 3.32. The van der Waals surface area contributed by atoms with Gasteiger partial charge >= 0.3 is 0 Å². The van der Waals surface area contributed by atoms with Crippen LogP contribution in [0.15, 0.2) is 23.3 Å². The second-order valence-corrected chi connectivity index (χ2v) is 7.12. The van der Waals surface area contributed by atoms with Crippen LogP contribution in [-0.4, -0.2) is 38.3 Å². The smallest absolute Gasteiger partial charge is 0.243 e. The number of rotatable bonds is 9. The largest absolute Gasteiger partial charge is 0.493 e. The number of ether oxygens (including phenoxy) is 2. The van der Waals surface area contributed by atoms with Crippen molar-refractivity contribution in [2.24, 2.45) is 11.0 Å². The van der Waals surface area contributed by atoms with Gasteiger partial charge in [-0.2, -0.15) is 5.10 Å². The number of benzene rings is 1. The van der Waals surface area contributed by atoms with Crippen LogP contribution in [-0.2, 0) is 16.0 Å². The highest BCUT2D eigenvalue weighted by Crippen LogP contribution is 2.27. The topological polar surface area (TPSA) is 89.0 Å². The zero-order valence-electron chi connectivity index (χ0n) is 17.0. The van der Waals surface area contributed by atoms with Gasteiger partial charge in [0.05, 0.1) is 20.6 Å². The molecule has 0 bridgehead atoms. The molecule has 0 spiro atoms. The van der Waals surface area contributed by atoms with Crippen molar-refractivity contribution in [3.63, 3.8) is 0 Å². The van der Waals surface area contributed by atoms with Crippen molar-refractivity contribution in [3.8, 4) is 11.5 Å². The number of nitrogens with one attached hydrogen (secondary N) is 2. The molecule has 1 aliphatic carbocycles. The predicted molar refractivity (Wildman–Crippen MR) is 109 cm³/mol. The average molecular weight is 389 g/mol. The Labute approximate surface area is 166 Å². The summed E-state index contributed by atoms with van der Waals surface area (Å²) in [7, 11) is 3.19. The van der Waals surface area contributed by atoms with E-state index in [0.29, 0.717) is 30.2 Å². The second-order valence-electron chi connectivity index (χ2n) is 7.12. The normalized spacial score (nSPS) is 15.0. The van der Waals surface area contributed by atoms with Gasteiger partial charge in [-0.1, -0.05) is 25.3 Å². The molecule has 28 heavy (non-hydrogen) atoms. The van der Waals surface area contributed by atoms with Crippen molar-refractivity contribution in [2.75, 3.05) is 20.8 Å².